The molecular formula is C18H30N2S. The van der Waals surface area contributed by atoms with Crippen LogP contribution in [-0.2, 0) is 18.4 Å². The largest absolute Gasteiger partial charge is 0.306 e. The van der Waals surface area contributed by atoms with E-state index in [1.807, 2.05) is 11.3 Å². The Morgan fingerprint density at radius 1 is 1.24 bits per heavy atom. The Balaban J connectivity index is 1.98. The fraction of sp³-hybridized carbons (Fsp3) is 0.833. The predicted octanol–water partition coefficient (Wildman–Crippen LogP) is 4.67. The van der Waals surface area contributed by atoms with Crippen molar-refractivity contribution < 1.29 is 0 Å². The van der Waals surface area contributed by atoms with Crippen molar-refractivity contribution in [2.45, 2.75) is 78.2 Å². The molecule has 0 aromatic carbocycles. The maximum Gasteiger partial charge on any atom is 0.113 e. The Bertz CT molecular complexity index is 482. The lowest BCUT2D eigenvalue weighted by Gasteiger charge is -2.47. The Morgan fingerprint density at radius 2 is 2.00 bits per heavy atom. The zero-order valence-corrected chi connectivity index (χ0v) is 14.9. The topological polar surface area (TPSA) is 24.9 Å². The van der Waals surface area contributed by atoms with Gasteiger partial charge in [0.05, 0.1) is 11.2 Å². The highest BCUT2D eigenvalue weighted by Gasteiger charge is 2.45. The highest BCUT2D eigenvalue weighted by molar-refractivity contribution is 7.11. The highest BCUT2D eigenvalue weighted by Crippen LogP contribution is 2.50. The summed E-state index contributed by atoms with van der Waals surface area (Å²) in [5.41, 5.74) is 1.94. The Morgan fingerprint density at radius 3 is 2.67 bits per heavy atom. The Kier molecular flexibility index (Phi) is 4.17. The van der Waals surface area contributed by atoms with Crippen LogP contribution in [0.15, 0.2) is 0 Å². The van der Waals surface area contributed by atoms with E-state index in [2.05, 4.69) is 33.0 Å². The zero-order chi connectivity index (χ0) is 15.1. The van der Waals surface area contributed by atoms with E-state index in [0.717, 1.165) is 12.5 Å². The molecule has 0 aliphatic heterocycles. The minimum Gasteiger partial charge on any atom is -0.306 e. The molecule has 2 nitrogen and oxygen atoms in total. The van der Waals surface area contributed by atoms with E-state index in [0.29, 0.717) is 5.41 Å². The molecule has 0 amide bonds. The summed E-state index contributed by atoms with van der Waals surface area (Å²) in [5.74, 6) is 0.772. The second kappa shape index (κ2) is 5.66. The number of nitrogens with one attached hydrogen (secondary N) is 1. The van der Waals surface area contributed by atoms with Crippen molar-refractivity contribution in [3.63, 3.8) is 0 Å². The van der Waals surface area contributed by atoms with Crippen molar-refractivity contribution in [1.29, 1.82) is 0 Å². The van der Waals surface area contributed by atoms with Crippen LogP contribution < -0.4 is 5.32 Å². The first-order chi connectivity index (χ1) is 9.94. The van der Waals surface area contributed by atoms with Gasteiger partial charge in [-0.3, -0.25) is 0 Å². The number of fused-ring (bicyclic) bond motifs is 1. The molecule has 0 bridgehead atoms. The third-order valence-corrected chi connectivity index (χ3v) is 6.51. The number of rotatable bonds is 3. The molecule has 1 fully saturated rings. The molecule has 0 saturated heterocycles. The molecule has 2 atom stereocenters. The van der Waals surface area contributed by atoms with Gasteiger partial charge in [-0.25, -0.2) is 4.98 Å². The first-order valence-corrected chi connectivity index (χ1v) is 9.50. The van der Waals surface area contributed by atoms with Crippen LogP contribution >= 0.6 is 11.3 Å². The first-order valence-electron chi connectivity index (χ1n) is 8.68. The molecule has 118 valence electrons. The Hall–Kier alpha value is -0.410. The minimum absolute atomic E-state index is 0.123. The fourth-order valence-corrected chi connectivity index (χ4v) is 6.16. The number of hydrogen-bond donors (Lipinski definition) is 1. The lowest BCUT2D eigenvalue weighted by atomic mass is 9.64. The predicted molar refractivity (Wildman–Crippen MR) is 90.9 cm³/mol. The quantitative estimate of drug-likeness (QED) is 0.877. The molecule has 1 aromatic rings. The van der Waals surface area contributed by atoms with E-state index < -0.39 is 0 Å². The smallest absolute Gasteiger partial charge is 0.113 e. The molecule has 1 aromatic heterocycles. The SMILES string of the molecule is CCNC1(c2nc3c(s2)CCCC3)CC(C)CC(C)(C)C1. The summed E-state index contributed by atoms with van der Waals surface area (Å²) in [6, 6.07) is 0. The van der Waals surface area contributed by atoms with E-state index in [1.54, 1.807) is 4.88 Å². The normalized spacial score (nSPS) is 31.9. The van der Waals surface area contributed by atoms with Gasteiger partial charge < -0.3 is 5.32 Å². The molecule has 1 saturated carbocycles. The van der Waals surface area contributed by atoms with Gasteiger partial charge in [-0.15, -0.1) is 11.3 Å². The molecule has 0 radical (unpaired) electrons. The lowest BCUT2D eigenvalue weighted by Crippen LogP contribution is -2.50. The van der Waals surface area contributed by atoms with Gasteiger partial charge in [-0.2, -0.15) is 0 Å². The van der Waals surface area contributed by atoms with Crippen molar-refractivity contribution in [2.24, 2.45) is 11.3 Å². The fourth-order valence-electron chi connectivity index (χ4n) is 4.84. The molecule has 3 heteroatoms. The Labute approximate surface area is 133 Å². The molecule has 3 rings (SSSR count). The summed E-state index contributed by atoms with van der Waals surface area (Å²) in [7, 11) is 0. The summed E-state index contributed by atoms with van der Waals surface area (Å²) in [6.45, 7) is 10.6. The number of thiazole rings is 1. The molecule has 1 N–H and O–H groups in total. The van der Waals surface area contributed by atoms with E-state index in [1.165, 1.54) is 55.6 Å². The zero-order valence-electron chi connectivity index (χ0n) is 14.1. The van der Waals surface area contributed by atoms with E-state index in [4.69, 9.17) is 4.98 Å². The monoisotopic (exact) mass is 306 g/mol. The molecule has 0 spiro atoms. The molecule has 2 unspecified atom stereocenters. The third-order valence-electron chi connectivity index (χ3n) is 5.15. The van der Waals surface area contributed by atoms with Crippen molar-refractivity contribution >= 4 is 11.3 Å². The summed E-state index contributed by atoms with van der Waals surface area (Å²) in [5, 5.41) is 5.24. The van der Waals surface area contributed by atoms with Crippen LogP contribution in [0.25, 0.3) is 0 Å². The van der Waals surface area contributed by atoms with Gasteiger partial charge in [0, 0.05) is 4.88 Å². The van der Waals surface area contributed by atoms with Crippen molar-refractivity contribution in [1.82, 2.24) is 10.3 Å². The van der Waals surface area contributed by atoms with Crippen molar-refractivity contribution in [3.05, 3.63) is 15.6 Å². The summed E-state index contributed by atoms with van der Waals surface area (Å²) < 4.78 is 0. The summed E-state index contributed by atoms with van der Waals surface area (Å²) in [4.78, 5) is 6.69. The van der Waals surface area contributed by atoms with Crippen LogP contribution in [0.1, 0.15) is 75.4 Å². The van der Waals surface area contributed by atoms with Crippen molar-refractivity contribution in [2.75, 3.05) is 6.54 Å². The van der Waals surface area contributed by atoms with Gasteiger partial charge in [-0.1, -0.05) is 27.7 Å². The number of nitrogens with zero attached hydrogens (tertiary/aromatic N) is 1. The molecule has 2 aliphatic carbocycles. The molecule has 21 heavy (non-hydrogen) atoms. The van der Waals surface area contributed by atoms with Crippen LogP contribution in [0.5, 0.6) is 0 Å². The van der Waals surface area contributed by atoms with Crippen LogP contribution in [-0.4, -0.2) is 11.5 Å². The van der Waals surface area contributed by atoms with Crippen LogP contribution in [0, 0.1) is 11.3 Å². The van der Waals surface area contributed by atoms with Crippen LogP contribution in [0.4, 0.5) is 0 Å². The molecule has 2 aliphatic rings. The lowest BCUT2D eigenvalue weighted by molar-refractivity contribution is 0.0806. The molecular weight excluding hydrogens is 276 g/mol. The van der Waals surface area contributed by atoms with E-state index in [9.17, 15) is 0 Å². The number of aromatic nitrogens is 1. The number of aryl methyl sites for hydroxylation is 2. The average Bonchev–Trinajstić information content (AvgIpc) is 2.80. The number of hydrogen-bond acceptors (Lipinski definition) is 3. The van der Waals surface area contributed by atoms with Gasteiger partial charge in [0.2, 0.25) is 0 Å². The highest BCUT2D eigenvalue weighted by atomic mass is 32.1. The minimum atomic E-state index is 0.123. The van der Waals surface area contributed by atoms with Gasteiger partial charge in [0.15, 0.2) is 0 Å². The molecule has 1 heterocycles. The van der Waals surface area contributed by atoms with E-state index >= 15 is 0 Å². The van der Waals surface area contributed by atoms with Gasteiger partial charge in [0.25, 0.3) is 0 Å². The van der Waals surface area contributed by atoms with Crippen LogP contribution in [0.3, 0.4) is 0 Å². The second-order valence-corrected chi connectivity index (χ2v) is 9.15. The van der Waals surface area contributed by atoms with Crippen LogP contribution in [0.2, 0.25) is 0 Å². The van der Waals surface area contributed by atoms with Gasteiger partial charge in [0.1, 0.15) is 5.01 Å². The summed E-state index contributed by atoms with van der Waals surface area (Å²) >= 11 is 2.01. The maximum atomic E-state index is 5.12. The average molecular weight is 307 g/mol. The first kappa shape index (κ1) is 15.5. The second-order valence-electron chi connectivity index (χ2n) is 8.06. The third kappa shape index (κ3) is 3.05. The van der Waals surface area contributed by atoms with Gasteiger partial charge in [-0.05, 0) is 62.8 Å². The van der Waals surface area contributed by atoms with E-state index in [-0.39, 0.29) is 5.54 Å². The standard InChI is InChI=1S/C18H30N2S/c1-5-19-18(11-13(2)10-17(3,4)12-18)16-20-14-8-6-7-9-15(14)21-16/h13,19H,5-12H2,1-4H3. The maximum absolute atomic E-state index is 5.12. The van der Waals surface area contributed by atoms with Gasteiger partial charge >= 0.3 is 0 Å². The van der Waals surface area contributed by atoms with Crippen molar-refractivity contribution in [3.8, 4) is 0 Å². The summed E-state index contributed by atoms with van der Waals surface area (Å²) in [6.07, 6.45) is 8.95.